The van der Waals surface area contributed by atoms with Crippen LogP contribution in [0.1, 0.15) is 35.1 Å². The summed E-state index contributed by atoms with van der Waals surface area (Å²) in [5.74, 6) is 0. The second-order valence-corrected chi connectivity index (χ2v) is 8.24. The zero-order valence-electron chi connectivity index (χ0n) is 15.6. The summed E-state index contributed by atoms with van der Waals surface area (Å²) in [7, 11) is 0. The molecule has 7 rings (SSSR count). The van der Waals surface area contributed by atoms with Crippen molar-refractivity contribution in [2.24, 2.45) is 0 Å². The first-order valence-corrected chi connectivity index (χ1v) is 10.2. The number of hydrogen-bond acceptors (Lipinski definition) is 2. The van der Waals surface area contributed by atoms with Crippen LogP contribution in [0.5, 0.6) is 0 Å². The van der Waals surface area contributed by atoms with E-state index in [9.17, 15) is 0 Å². The van der Waals surface area contributed by atoms with Crippen LogP contribution < -0.4 is 0 Å². The van der Waals surface area contributed by atoms with Crippen LogP contribution in [0.25, 0.3) is 43.8 Å². The van der Waals surface area contributed by atoms with Gasteiger partial charge in [0.05, 0.1) is 0 Å². The molecule has 5 aromatic rings. The van der Waals surface area contributed by atoms with E-state index < -0.39 is 0 Å². The SMILES string of the molecule is c1ccc2c(c1)Cc1c-2c2cc3c(cc2c2c1oc1ccncc12)CCCC3. The molecule has 2 heterocycles. The summed E-state index contributed by atoms with van der Waals surface area (Å²) in [6.07, 6.45) is 9.73. The third-order valence-corrected chi connectivity index (χ3v) is 6.74. The molecule has 0 radical (unpaired) electrons. The van der Waals surface area contributed by atoms with E-state index >= 15 is 0 Å². The Morgan fingerprint density at radius 2 is 1.64 bits per heavy atom. The molecule has 0 saturated heterocycles. The minimum absolute atomic E-state index is 0.938. The van der Waals surface area contributed by atoms with Crippen LogP contribution in [-0.2, 0) is 19.3 Å². The molecule has 0 saturated carbocycles. The molecule has 3 aromatic carbocycles. The molecule has 28 heavy (non-hydrogen) atoms. The molecule has 0 aliphatic heterocycles. The van der Waals surface area contributed by atoms with Crippen molar-refractivity contribution in [3.63, 3.8) is 0 Å². The summed E-state index contributed by atoms with van der Waals surface area (Å²) in [5.41, 5.74) is 10.6. The minimum Gasteiger partial charge on any atom is -0.456 e. The van der Waals surface area contributed by atoms with Gasteiger partial charge in [-0.3, -0.25) is 4.98 Å². The third kappa shape index (κ3) is 1.80. The van der Waals surface area contributed by atoms with Crippen molar-refractivity contribution in [1.29, 1.82) is 0 Å². The van der Waals surface area contributed by atoms with Gasteiger partial charge in [-0.05, 0) is 70.3 Å². The summed E-state index contributed by atoms with van der Waals surface area (Å²) in [5, 5.41) is 5.10. The molecule has 0 bridgehead atoms. The van der Waals surface area contributed by atoms with E-state index in [4.69, 9.17) is 4.42 Å². The molecule has 0 fully saturated rings. The fourth-order valence-corrected chi connectivity index (χ4v) is 5.48. The Hall–Kier alpha value is -3.13. The van der Waals surface area contributed by atoms with Gasteiger partial charge < -0.3 is 4.42 Å². The van der Waals surface area contributed by atoms with Crippen molar-refractivity contribution in [2.75, 3.05) is 0 Å². The first kappa shape index (κ1) is 14.9. The normalized spacial score (nSPS) is 15.1. The first-order chi connectivity index (χ1) is 13.9. The van der Waals surface area contributed by atoms with Crippen LogP contribution in [0.2, 0.25) is 0 Å². The Labute approximate surface area is 162 Å². The lowest BCUT2D eigenvalue weighted by molar-refractivity contribution is 0.664. The predicted molar refractivity (Wildman–Crippen MR) is 114 cm³/mol. The van der Waals surface area contributed by atoms with E-state index in [0.29, 0.717) is 0 Å². The highest BCUT2D eigenvalue weighted by atomic mass is 16.3. The molecule has 134 valence electrons. The number of aromatic nitrogens is 1. The Morgan fingerprint density at radius 3 is 2.54 bits per heavy atom. The Kier molecular flexibility index (Phi) is 2.78. The van der Waals surface area contributed by atoms with Crippen molar-refractivity contribution < 1.29 is 4.42 Å². The second-order valence-electron chi connectivity index (χ2n) is 8.24. The van der Waals surface area contributed by atoms with Gasteiger partial charge in [0.1, 0.15) is 11.2 Å². The van der Waals surface area contributed by atoms with E-state index in [0.717, 1.165) is 23.0 Å². The molecule has 0 spiro atoms. The molecule has 2 heteroatoms. The zero-order valence-corrected chi connectivity index (χ0v) is 15.6. The lowest BCUT2D eigenvalue weighted by atomic mass is 9.85. The molecule has 0 atom stereocenters. The maximum Gasteiger partial charge on any atom is 0.140 e. The maximum absolute atomic E-state index is 6.44. The molecule has 0 unspecified atom stereocenters. The number of benzene rings is 3. The average molecular weight is 361 g/mol. The highest BCUT2D eigenvalue weighted by molar-refractivity contribution is 6.24. The number of pyridine rings is 1. The fourth-order valence-electron chi connectivity index (χ4n) is 5.48. The number of rotatable bonds is 0. The monoisotopic (exact) mass is 361 g/mol. The van der Waals surface area contributed by atoms with Crippen molar-refractivity contribution >= 4 is 32.7 Å². The Morgan fingerprint density at radius 1 is 0.821 bits per heavy atom. The van der Waals surface area contributed by atoms with Gasteiger partial charge in [0.15, 0.2) is 0 Å². The van der Waals surface area contributed by atoms with Crippen molar-refractivity contribution in [3.05, 3.63) is 77.1 Å². The Balaban J connectivity index is 1.75. The summed E-state index contributed by atoms with van der Waals surface area (Å²) < 4.78 is 6.44. The van der Waals surface area contributed by atoms with Crippen molar-refractivity contribution in [2.45, 2.75) is 32.1 Å². The first-order valence-electron chi connectivity index (χ1n) is 10.2. The van der Waals surface area contributed by atoms with Crippen LogP contribution >= 0.6 is 0 Å². The van der Waals surface area contributed by atoms with Crippen LogP contribution in [-0.4, -0.2) is 4.98 Å². The molecule has 2 nitrogen and oxygen atoms in total. The minimum atomic E-state index is 0.938. The zero-order chi connectivity index (χ0) is 18.2. The summed E-state index contributed by atoms with van der Waals surface area (Å²) in [6, 6.07) is 15.8. The summed E-state index contributed by atoms with van der Waals surface area (Å²) in [6.45, 7) is 0. The van der Waals surface area contributed by atoms with Gasteiger partial charge in [0, 0.05) is 35.2 Å². The standard InChI is InChI=1S/C26H19NO/c1-2-6-16-12-20-19(11-15(16)5-1)24-18-8-4-3-7-17(18)13-21(24)26-25(20)22-14-27-10-9-23(22)28-26/h3-4,7-12,14H,1-2,5-6,13H2. The van der Waals surface area contributed by atoms with Gasteiger partial charge in [-0.25, -0.2) is 0 Å². The van der Waals surface area contributed by atoms with Crippen LogP contribution in [0.3, 0.4) is 0 Å². The van der Waals surface area contributed by atoms with Gasteiger partial charge >= 0.3 is 0 Å². The van der Waals surface area contributed by atoms with E-state index in [2.05, 4.69) is 41.4 Å². The topological polar surface area (TPSA) is 26.0 Å². The molecule has 2 aliphatic rings. The lowest BCUT2D eigenvalue weighted by Gasteiger charge is -2.18. The largest absolute Gasteiger partial charge is 0.456 e. The summed E-state index contributed by atoms with van der Waals surface area (Å²) in [4.78, 5) is 4.40. The van der Waals surface area contributed by atoms with Gasteiger partial charge in [-0.2, -0.15) is 0 Å². The van der Waals surface area contributed by atoms with Gasteiger partial charge in [-0.15, -0.1) is 0 Å². The molecule has 0 N–H and O–H groups in total. The van der Waals surface area contributed by atoms with Gasteiger partial charge in [-0.1, -0.05) is 36.4 Å². The average Bonchev–Trinajstić information content (AvgIpc) is 3.32. The van der Waals surface area contributed by atoms with E-state index in [1.165, 1.54) is 75.2 Å². The number of fused-ring (bicyclic) bond motifs is 11. The van der Waals surface area contributed by atoms with Crippen LogP contribution in [0.15, 0.2) is 59.3 Å². The lowest BCUT2D eigenvalue weighted by Crippen LogP contribution is -2.02. The molecular formula is C26H19NO. The number of nitrogens with zero attached hydrogens (tertiary/aromatic N) is 1. The maximum atomic E-state index is 6.44. The number of hydrogen-bond donors (Lipinski definition) is 0. The van der Waals surface area contributed by atoms with Crippen LogP contribution in [0, 0.1) is 0 Å². The van der Waals surface area contributed by atoms with E-state index in [1.54, 1.807) is 0 Å². The molecule has 2 aromatic heterocycles. The van der Waals surface area contributed by atoms with E-state index in [1.807, 2.05) is 18.5 Å². The van der Waals surface area contributed by atoms with Gasteiger partial charge in [0.2, 0.25) is 0 Å². The third-order valence-electron chi connectivity index (χ3n) is 6.74. The number of furan rings is 1. The number of aryl methyl sites for hydroxylation is 2. The highest BCUT2D eigenvalue weighted by Crippen LogP contribution is 2.49. The predicted octanol–water partition coefficient (Wildman–Crippen LogP) is 6.58. The van der Waals surface area contributed by atoms with E-state index in [-0.39, 0.29) is 0 Å². The highest BCUT2D eigenvalue weighted by Gasteiger charge is 2.28. The second kappa shape index (κ2) is 5.23. The van der Waals surface area contributed by atoms with Crippen LogP contribution in [0.4, 0.5) is 0 Å². The Bertz CT molecular complexity index is 1440. The summed E-state index contributed by atoms with van der Waals surface area (Å²) >= 11 is 0. The fraction of sp³-hybridized carbons (Fsp3) is 0.192. The van der Waals surface area contributed by atoms with Crippen molar-refractivity contribution in [3.8, 4) is 11.1 Å². The molecular weight excluding hydrogens is 342 g/mol. The van der Waals surface area contributed by atoms with Crippen molar-refractivity contribution in [1.82, 2.24) is 4.98 Å². The quantitative estimate of drug-likeness (QED) is 0.305. The smallest absolute Gasteiger partial charge is 0.140 e. The molecule has 0 amide bonds. The molecule has 2 aliphatic carbocycles. The van der Waals surface area contributed by atoms with Gasteiger partial charge in [0.25, 0.3) is 0 Å².